The van der Waals surface area contributed by atoms with Gasteiger partial charge in [0.05, 0.1) is 6.04 Å². The number of benzene rings is 1. The van der Waals surface area contributed by atoms with Crippen LogP contribution >= 0.6 is 0 Å². The number of carboxylic acid groups (broad SMARTS) is 1. The van der Waals surface area contributed by atoms with Crippen molar-refractivity contribution in [3.8, 4) is 0 Å². The monoisotopic (exact) mass is 331 g/mol. The molecule has 0 aliphatic carbocycles. The first-order valence-electron chi connectivity index (χ1n) is 8.07. The van der Waals surface area contributed by atoms with Gasteiger partial charge >= 0.3 is 5.97 Å². The molecule has 128 valence electrons. The van der Waals surface area contributed by atoms with E-state index in [1.54, 1.807) is 7.11 Å². The number of methoxy groups -OCH3 is 1. The number of nitrogens with zero attached hydrogens (tertiary/aromatic N) is 1. The first-order chi connectivity index (χ1) is 11.6. The van der Waals surface area contributed by atoms with E-state index in [2.05, 4.69) is 6.07 Å². The Morgan fingerprint density at radius 1 is 1.33 bits per heavy atom. The molecule has 2 heterocycles. The fraction of sp³-hybridized carbons (Fsp3) is 0.444. The maximum absolute atomic E-state index is 12.7. The van der Waals surface area contributed by atoms with Gasteiger partial charge in [-0.15, -0.1) is 0 Å². The summed E-state index contributed by atoms with van der Waals surface area (Å²) >= 11 is 0. The summed E-state index contributed by atoms with van der Waals surface area (Å²) in [4.78, 5) is 26.0. The molecule has 6 nitrogen and oxygen atoms in total. The lowest BCUT2D eigenvalue weighted by Crippen LogP contribution is -2.48. The fourth-order valence-corrected chi connectivity index (χ4v) is 3.37. The van der Waals surface area contributed by atoms with Crippen LogP contribution in [0.3, 0.4) is 0 Å². The van der Waals surface area contributed by atoms with E-state index in [1.807, 2.05) is 23.1 Å². The van der Waals surface area contributed by atoms with Crippen molar-refractivity contribution in [3.63, 3.8) is 0 Å². The second-order valence-corrected chi connectivity index (χ2v) is 5.98. The Labute approximate surface area is 140 Å². The third-order valence-corrected chi connectivity index (χ3v) is 4.50. The Morgan fingerprint density at radius 2 is 2.12 bits per heavy atom. The van der Waals surface area contributed by atoms with Crippen LogP contribution in [-0.2, 0) is 25.5 Å². The first kappa shape index (κ1) is 16.7. The van der Waals surface area contributed by atoms with Gasteiger partial charge in [0.25, 0.3) is 0 Å². The van der Waals surface area contributed by atoms with E-state index in [-0.39, 0.29) is 11.6 Å². The number of carbonyl (C=O) groups excluding carboxylic acids is 1. The highest BCUT2D eigenvalue weighted by atomic mass is 16.5. The summed E-state index contributed by atoms with van der Waals surface area (Å²) < 4.78 is 10.8. The van der Waals surface area contributed by atoms with Crippen LogP contribution in [0.1, 0.15) is 23.6 Å². The number of carbonyl (C=O) groups is 2. The predicted octanol–water partition coefficient (Wildman–Crippen LogP) is 1.56. The van der Waals surface area contributed by atoms with Crippen molar-refractivity contribution in [1.29, 1.82) is 0 Å². The summed E-state index contributed by atoms with van der Waals surface area (Å²) in [5.41, 5.74) is 2.01. The molecular weight excluding hydrogens is 310 g/mol. The van der Waals surface area contributed by atoms with Crippen LogP contribution in [0, 0.1) is 0 Å². The second-order valence-electron chi connectivity index (χ2n) is 5.98. The van der Waals surface area contributed by atoms with Crippen molar-refractivity contribution < 1.29 is 24.2 Å². The number of ether oxygens (including phenoxy) is 2. The normalized spacial score (nSPS) is 22.6. The lowest BCUT2D eigenvalue weighted by Gasteiger charge is -2.43. The van der Waals surface area contributed by atoms with Gasteiger partial charge in [0.1, 0.15) is 11.7 Å². The molecule has 6 heteroatoms. The second kappa shape index (κ2) is 7.15. The molecule has 2 unspecified atom stereocenters. The summed E-state index contributed by atoms with van der Waals surface area (Å²) in [6.45, 7) is 1.56. The molecule has 3 rings (SSSR count). The van der Waals surface area contributed by atoms with Gasteiger partial charge in [0.15, 0.2) is 0 Å². The van der Waals surface area contributed by atoms with Crippen molar-refractivity contribution in [2.45, 2.75) is 25.0 Å². The third kappa shape index (κ3) is 3.07. The largest absolute Gasteiger partial charge is 0.478 e. The average molecular weight is 331 g/mol. The molecule has 24 heavy (non-hydrogen) atoms. The molecule has 0 bridgehead atoms. The molecule has 0 spiro atoms. The molecule has 0 saturated carbocycles. The fourth-order valence-electron chi connectivity index (χ4n) is 3.37. The quantitative estimate of drug-likeness (QED) is 0.630. The minimum atomic E-state index is -1.21. The van der Waals surface area contributed by atoms with Crippen LogP contribution in [0.2, 0.25) is 0 Å². The van der Waals surface area contributed by atoms with Gasteiger partial charge in [-0.05, 0) is 24.0 Å². The van der Waals surface area contributed by atoms with Crippen LogP contribution in [-0.4, -0.2) is 54.7 Å². The predicted molar refractivity (Wildman–Crippen MR) is 86.6 cm³/mol. The van der Waals surface area contributed by atoms with Crippen LogP contribution < -0.4 is 0 Å². The van der Waals surface area contributed by atoms with Gasteiger partial charge in [0.2, 0.25) is 5.78 Å². The number of hydrogen-bond donors (Lipinski definition) is 1. The molecule has 0 saturated heterocycles. The zero-order valence-electron chi connectivity index (χ0n) is 13.6. The summed E-state index contributed by atoms with van der Waals surface area (Å²) in [6.07, 6.45) is 2.14. The van der Waals surface area contributed by atoms with E-state index in [0.717, 1.165) is 12.0 Å². The zero-order chi connectivity index (χ0) is 17.1. The Bertz CT molecular complexity index is 669. The number of carboxylic acids is 1. The van der Waals surface area contributed by atoms with Crippen molar-refractivity contribution >= 4 is 11.8 Å². The maximum Gasteiger partial charge on any atom is 0.340 e. The van der Waals surface area contributed by atoms with Gasteiger partial charge in [-0.25, -0.2) is 4.79 Å². The SMILES string of the molecule is COCCCOC1C(=O)C(C(=O)O)=CN2CCc3ccccc3C12. The number of rotatable bonds is 6. The van der Waals surface area contributed by atoms with Crippen LogP contribution in [0.15, 0.2) is 36.0 Å². The Hall–Kier alpha value is -2.18. The van der Waals surface area contributed by atoms with Gasteiger partial charge in [-0.1, -0.05) is 24.3 Å². The molecule has 2 aliphatic heterocycles. The number of fused-ring (bicyclic) bond motifs is 3. The van der Waals surface area contributed by atoms with Crippen LogP contribution in [0.4, 0.5) is 0 Å². The molecule has 2 aliphatic rings. The van der Waals surface area contributed by atoms with E-state index in [1.165, 1.54) is 11.8 Å². The Kier molecular flexibility index (Phi) is 4.97. The molecule has 0 radical (unpaired) electrons. The molecule has 0 fully saturated rings. The van der Waals surface area contributed by atoms with Crippen molar-refractivity contribution in [2.75, 3.05) is 26.9 Å². The van der Waals surface area contributed by atoms with Gasteiger partial charge in [0, 0.05) is 33.1 Å². The van der Waals surface area contributed by atoms with Crippen LogP contribution in [0.5, 0.6) is 0 Å². The maximum atomic E-state index is 12.7. The lowest BCUT2D eigenvalue weighted by atomic mass is 9.84. The average Bonchev–Trinajstić information content (AvgIpc) is 2.59. The minimum absolute atomic E-state index is 0.206. The van der Waals surface area contributed by atoms with Crippen LogP contribution in [0.25, 0.3) is 0 Å². The molecule has 1 aromatic rings. The van der Waals surface area contributed by atoms with Crippen molar-refractivity contribution in [3.05, 3.63) is 47.2 Å². The highest BCUT2D eigenvalue weighted by molar-refractivity contribution is 6.19. The smallest absolute Gasteiger partial charge is 0.340 e. The van der Waals surface area contributed by atoms with Gasteiger partial charge in [-0.2, -0.15) is 0 Å². The lowest BCUT2D eigenvalue weighted by molar-refractivity contribution is -0.141. The van der Waals surface area contributed by atoms with Crippen molar-refractivity contribution in [2.24, 2.45) is 0 Å². The Balaban J connectivity index is 1.93. The highest BCUT2D eigenvalue weighted by Crippen LogP contribution is 2.38. The Morgan fingerprint density at radius 3 is 2.88 bits per heavy atom. The molecular formula is C18H21NO5. The van der Waals surface area contributed by atoms with E-state index in [4.69, 9.17) is 9.47 Å². The van der Waals surface area contributed by atoms with Crippen molar-refractivity contribution in [1.82, 2.24) is 4.90 Å². The minimum Gasteiger partial charge on any atom is -0.478 e. The number of hydrogen-bond acceptors (Lipinski definition) is 5. The molecule has 1 aromatic carbocycles. The van der Waals surface area contributed by atoms with E-state index >= 15 is 0 Å². The van der Waals surface area contributed by atoms with Gasteiger partial charge < -0.3 is 19.5 Å². The molecule has 0 amide bonds. The molecule has 2 atom stereocenters. The standard InChI is InChI=1S/C18H21NO5/c1-23-9-4-10-24-17-15-13-6-3-2-5-12(13)7-8-19(15)11-14(16(17)20)18(21)22/h2-3,5-6,11,15,17H,4,7-10H2,1H3,(H,21,22). The molecule has 0 aromatic heterocycles. The first-order valence-corrected chi connectivity index (χ1v) is 8.07. The van der Waals surface area contributed by atoms with E-state index in [9.17, 15) is 14.7 Å². The number of aliphatic carboxylic acids is 1. The van der Waals surface area contributed by atoms with E-state index in [0.29, 0.717) is 26.2 Å². The summed E-state index contributed by atoms with van der Waals surface area (Å²) in [7, 11) is 1.61. The highest BCUT2D eigenvalue weighted by Gasteiger charge is 2.43. The topological polar surface area (TPSA) is 76.1 Å². The summed E-state index contributed by atoms with van der Waals surface area (Å²) in [6, 6.07) is 7.69. The molecule has 1 N–H and O–H groups in total. The van der Waals surface area contributed by atoms with Gasteiger partial charge in [-0.3, -0.25) is 4.79 Å². The van der Waals surface area contributed by atoms with E-state index < -0.39 is 17.9 Å². The zero-order valence-corrected chi connectivity index (χ0v) is 13.6. The summed E-state index contributed by atoms with van der Waals surface area (Å²) in [5, 5.41) is 9.33. The summed E-state index contributed by atoms with van der Waals surface area (Å²) in [5.74, 6) is -1.67. The number of Topliss-reactive ketones (excluding diaryl/α,β-unsaturated/α-hetero) is 1. The number of ketones is 1. The third-order valence-electron chi connectivity index (χ3n) is 4.50.